The Bertz CT molecular complexity index is 341. The maximum Gasteiger partial charge on any atom is 0.317 e. The first-order valence-corrected chi connectivity index (χ1v) is 6.65. The lowest BCUT2D eigenvalue weighted by molar-refractivity contribution is -0.335. The van der Waals surface area contributed by atoms with E-state index in [0.29, 0.717) is 5.92 Å². The summed E-state index contributed by atoms with van der Waals surface area (Å²) in [5.41, 5.74) is -0.215. The van der Waals surface area contributed by atoms with E-state index < -0.39 is 5.79 Å². The SMILES string of the molecule is O=C1OC2(CCCCC2)OC2[C@@H]3CC[C@]12C3. The Morgan fingerprint density at radius 3 is 2.69 bits per heavy atom. The molecule has 3 atom stereocenters. The topological polar surface area (TPSA) is 35.5 Å². The Morgan fingerprint density at radius 2 is 1.94 bits per heavy atom. The molecule has 4 saturated carbocycles. The van der Waals surface area contributed by atoms with E-state index in [4.69, 9.17) is 9.47 Å². The monoisotopic (exact) mass is 222 g/mol. The standard InChI is InChI=1S/C13H18O3/c14-11-12-7-4-9(8-12)10(12)15-13(16-11)5-2-1-3-6-13/h9-10H,1-8H2/t9-,10?,12-/m1/s1. The van der Waals surface area contributed by atoms with E-state index in [0.717, 1.165) is 44.9 Å². The molecule has 1 saturated heterocycles. The fourth-order valence-electron chi connectivity index (χ4n) is 4.27. The van der Waals surface area contributed by atoms with Crippen molar-refractivity contribution in [2.75, 3.05) is 0 Å². The molecule has 0 N–H and O–H groups in total. The molecule has 1 aliphatic heterocycles. The summed E-state index contributed by atoms with van der Waals surface area (Å²) < 4.78 is 11.9. The van der Waals surface area contributed by atoms with Gasteiger partial charge in [0, 0.05) is 12.8 Å². The van der Waals surface area contributed by atoms with Crippen molar-refractivity contribution < 1.29 is 14.3 Å². The van der Waals surface area contributed by atoms with Crippen molar-refractivity contribution in [1.82, 2.24) is 0 Å². The molecule has 0 aromatic heterocycles. The zero-order chi connectivity index (χ0) is 10.8. The lowest BCUT2D eigenvalue weighted by Crippen LogP contribution is -2.63. The van der Waals surface area contributed by atoms with Crippen LogP contribution in [0.4, 0.5) is 0 Å². The quantitative estimate of drug-likeness (QED) is 0.590. The molecular weight excluding hydrogens is 204 g/mol. The second-order valence-corrected chi connectivity index (χ2v) is 6.06. The third-order valence-corrected chi connectivity index (χ3v) is 5.20. The molecule has 2 bridgehead atoms. The molecule has 2 spiro atoms. The zero-order valence-corrected chi connectivity index (χ0v) is 9.54. The number of hydrogen-bond donors (Lipinski definition) is 0. The molecule has 4 aliphatic carbocycles. The smallest absolute Gasteiger partial charge is 0.317 e. The number of ether oxygens (including phenoxy) is 2. The molecule has 3 nitrogen and oxygen atoms in total. The molecule has 5 fully saturated rings. The molecule has 5 aliphatic rings. The first kappa shape index (κ1) is 9.46. The number of carbonyl (C=O) groups excluding carboxylic acids is 1. The number of rotatable bonds is 0. The molecular formula is C13H18O3. The minimum Gasteiger partial charge on any atom is -0.433 e. The minimum absolute atomic E-state index is 0.0550. The van der Waals surface area contributed by atoms with E-state index in [1.54, 1.807) is 0 Å². The van der Waals surface area contributed by atoms with Crippen molar-refractivity contribution in [2.24, 2.45) is 11.3 Å². The Kier molecular flexibility index (Phi) is 1.66. The summed E-state index contributed by atoms with van der Waals surface area (Å²) >= 11 is 0. The van der Waals surface area contributed by atoms with Gasteiger partial charge in [0.25, 0.3) is 0 Å². The van der Waals surface area contributed by atoms with Crippen LogP contribution in [0.1, 0.15) is 51.4 Å². The van der Waals surface area contributed by atoms with Crippen LogP contribution in [0, 0.1) is 11.3 Å². The van der Waals surface area contributed by atoms with Gasteiger partial charge in [0.1, 0.15) is 0 Å². The van der Waals surface area contributed by atoms with E-state index in [-0.39, 0.29) is 17.5 Å². The van der Waals surface area contributed by atoms with Gasteiger partial charge in [0.2, 0.25) is 5.79 Å². The highest BCUT2D eigenvalue weighted by Gasteiger charge is 2.70. The second kappa shape index (κ2) is 2.81. The summed E-state index contributed by atoms with van der Waals surface area (Å²) in [6.07, 6.45) is 8.74. The minimum atomic E-state index is -0.521. The van der Waals surface area contributed by atoms with Gasteiger partial charge in [-0.1, -0.05) is 6.42 Å². The van der Waals surface area contributed by atoms with Crippen molar-refractivity contribution >= 4 is 5.97 Å². The predicted molar refractivity (Wildman–Crippen MR) is 56.6 cm³/mol. The lowest BCUT2D eigenvalue weighted by Gasteiger charge is -2.55. The zero-order valence-electron chi connectivity index (χ0n) is 9.54. The first-order valence-electron chi connectivity index (χ1n) is 6.65. The highest BCUT2D eigenvalue weighted by molar-refractivity contribution is 5.81. The van der Waals surface area contributed by atoms with Gasteiger partial charge in [-0.25, -0.2) is 0 Å². The van der Waals surface area contributed by atoms with Crippen molar-refractivity contribution in [2.45, 2.75) is 63.3 Å². The van der Waals surface area contributed by atoms with E-state index in [1.807, 2.05) is 0 Å². The second-order valence-electron chi connectivity index (χ2n) is 6.06. The van der Waals surface area contributed by atoms with Crippen LogP contribution in [0.2, 0.25) is 0 Å². The number of esters is 1. The maximum absolute atomic E-state index is 12.2. The van der Waals surface area contributed by atoms with Crippen LogP contribution in [0.3, 0.4) is 0 Å². The van der Waals surface area contributed by atoms with E-state index >= 15 is 0 Å². The van der Waals surface area contributed by atoms with Crippen molar-refractivity contribution in [3.05, 3.63) is 0 Å². The lowest BCUT2D eigenvalue weighted by atomic mass is 9.65. The molecule has 3 heteroatoms. The summed E-state index contributed by atoms with van der Waals surface area (Å²) in [5, 5.41) is 0. The highest BCUT2D eigenvalue weighted by atomic mass is 16.7. The summed E-state index contributed by atoms with van der Waals surface area (Å²) in [7, 11) is 0. The Morgan fingerprint density at radius 1 is 1.12 bits per heavy atom. The molecule has 0 aromatic carbocycles. The largest absolute Gasteiger partial charge is 0.433 e. The van der Waals surface area contributed by atoms with Crippen molar-refractivity contribution in [1.29, 1.82) is 0 Å². The fraction of sp³-hybridized carbons (Fsp3) is 0.923. The highest BCUT2D eigenvalue weighted by Crippen LogP contribution is 2.64. The van der Waals surface area contributed by atoms with Crippen LogP contribution >= 0.6 is 0 Å². The predicted octanol–water partition coefficient (Wildman–Crippen LogP) is 2.39. The molecule has 0 amide bonds. The number of carbonyl (C=O) groups is 1. The van der Waals surface area contributed by atoms with Gasteiger partial charge < -0.3 is 9.47 Å². The molecule has 0 aromatic rings. The van der Waals surface area contributed by atoms with Gasteiger partial charge in [-0.05, 0) is 38.0 Å². The first-order chi connectivity index (χ1) is 7.74. The average Bonchev–Trinajstić information content (AvgIpc) is 2.85. The van der Waals surface area contributed by atoms with Gasteiger partial charge in [-0.3, -0.25) is 4.79 Å². The summed E-state index contributed by atoms with van der Waals surface area (Å²) in [5.74, 6) is 0.179. The van der Waals surface area contributed by atoms with Gasteiger partial charge in [0.15, 0.2) is 0 Å². The van der Waals surface area contributed by atoms with E-state index in [1.165, 1.54) is 6.42 Å². The summed E-state index contributed by atoms with van der Waals surface area (Å²) in [6.45, 7) is 0. The Hall–Kier alpha value is -0.570. The van der Waals surface area contributed by atoms with Gasteiger partial charge in [-0.2, -0.15) is 0 Å². The average molecular weight is 222 g/mol. The number of hydrogen-bond acceptors (Lipinski definition) is 3. The van der Waals surface area contributed by atoms with Crippen molar-refractivity contribution in [3.8, 4) is 0 Å². The molecule has 16 heavy (non-hydrogen) atoms. The van der Waals surface area contributed by atoms with Gasteiger partial charge in [-0.15, -0.1) is 0 Å². The van der Waals surface area contributed by atoms with Gasteiger partial charge in [0.05, 0.1) is 11.5 Å². The molecule has 1 heterocycles. The Labute approximate surface area is 95.5 Å². The third-order valence-electron chi connectivity index (χ3n) is 5.20. The normalized spacial score (nSPS) is 48.4. The van der Waals surface area contributed by atoms with E-state index in [9.17, 15) is 4.79 Å². The summed E-state index contributed by atoms with van der Waals surface area (Å²) in [4.78, 5) is 12.2. The number of fused-ring (bicyclic) bond motifs is 1. The van der Waals surface area contributed by atoms with Crippen LogP contribution in [0.5, 0.6) is 0 Å². The van der Waals surface area contributed by atoms with Crippen molar-refractivity contribution in [3.63, 3.8) is 0 Å². The summed E-state index contributed by atoms with van der Waals surface area (Å²) in [6, 6.07) is 0. The van der Waals surface area contributed by atoms with Crippen LogP contribution in [-0.4, -0.2) is 17.9 Å². The molecule has 0 radical (unpaired) electrons. The van der Waals surface area contributed by atoms with Crippen LogP contribution < -0.4 is 0 Å². The molecule has 88 valence electrons. The fourth-order valence-corrected chi connectivity index (χ4v) is 4.27. The third kappa shape index (κ3) is 0.963. The molecule has 1 unspecified atom stereocenters. The van der Waals surface area contributed by atoms with Gasteiger partial charge >= 0.3 is 5.97 Å². The van der Waals surface area contributed by atoms with Crippen LogP contribution in [-0.2, 0) is 14.3 Å². The van der Waals surface area contributed by atoms with Crippen LogP contribution in [0.25, 0.3) is 0 Å². The maximum atomic E-state index is 12.2. The van der Waals surface area contributed by atoms with E-state index in [2.05, 4.69) is 0 Å². The molecule has 5 rings (SSSR count). The van der Waals surface area contributed by atoms with Crippen LogP contribution in [0.15, 0.2) is 0 Å². The Balaban J connectivity index is 1.64.